The highest BCUT2D eigenvalue weighted by Gasteiger charge is 2.36. The molecule has 1 saturated heterocycles. The number of nitrogens with one attached hydrogen (secondary N) is 1. The number of nitrogens with zero attached hydrogens (tertiary/aromatic N) is 2. The van der Waals surface area contributed by atoms with Gasteiger partial charge in [0.25, 0.3) is 0 Å². The van der Waals surface area contributed by atoms with Gasteiger partial charge in [0.2, 0.25) is 0 Å². The molecule has 21 heavy (non-hydrogen) atoms. The lowest BCUT2D eigenvalue weighted by Crippen LogP contribution is -2.49. The number of morpholine rings is 1. The zero-order chi connectivity index (χ0) is 14.7. The van der Waals surface area contributed by atoms with E-state index in [1.54, 1.807) is 0 Å². The molecule has 3 rings (SSSR count). The van der Waals surface area contributed by atoms with E-state index in [4.69, 9.17) is 4.74 Å². The molecular formula is C17H23N3O. The third kappa shape index (κ3) is 2.90. The maximum Gasteiger partial charge on any atom is 0.101 e. The monoisotopic (exact) mass is 285 g/mol. The van der Waals surface area contributed by atoms with Crippen LogP contribution >= 0.6 is 0 Å². The minimum absolute atomic E-state index is 0.353. The molecule has 2 fully saturated rings. The minimum atomic E-state index is 0.353. The zero-order valence-corrected chi connectivity index (χ0v) is 12.6. The van der Waals surface area contributed by atoms with Gasteiger partial charge in [0.15, 0.2) is 0 Å². The van der Waals surface area contributed by atoms with E-state index >= 15 is 0 Å². The van der Waals surface area contributed by atoms with Crippen molar-refractivity contribution >= 4 is 5.69 Å². The van der Waals surface area contributed by atoms with Gasteiger partial charge in [-0.3, -0.25) is 0 Å². The van der Waals surface area contributed by atoms with Crippen molar-refractivity contribution in [2.45, 2.75) is 44.9 Å². The van der Waals surface area contributed by atoms with Crippen LogP contribution in [0.5, 0.6) is 0 Å². The molecule has 0 radical (unpaired) electrons. The van der Waals surface area contributed by atoms with E-state index in [9.17, 15) is 5.26 Å². The second-order valence-electron chi connectivity index (χ2n) is 5.84. The van der Waals surface area contributed by atoms with Crippen molar-refractivity contribution in [3.63, 3.8) is 0 Å². The third-order valence-corrected chi connectivity index (χ3v) is 4.55. The molecule has 1 saturated carbocycles. The van der Waals surface area contributed by atoms with Gasteiger partial charge < -0.3 is 15.0 Å². The Labute approximate surface area is 126 Å². The van der Waals surface area contributed by atoms with E-state index in [2.05, 4.69) is 35.3 Å². The number of rotatable bonds is 4. The van der Waals surface area contributed by atoms with Gasteiger partial charge in [-0.05, 0) is 43.5 Å². The SMILES string of the molecule is CCNCc1ccc(N2CCOC3CCCC32)c(C#N)c1. The second kappa shape index (κ2) is 6.46. The molecule has 1 aliphatic carbocycles. The topological polar surface area (TPSA) is 48.3 Å². The highest BCUT2D eigenvalue weighted by molar-refractivity contribution is 5.61. The molecule has 0 aromatic heterocycles. The van der Waals surface area contributed by atoms with Crippen molar-refractivity contribution in [3.05, 3.63) is 29.3 Å². The van der Waals surface area contributed by atoms with E-state index < -0.39 is 0 Å². The Kier molecular flexibility index (Phi) is 4.42. The van der Waals surface area contributed by atoms with Gasteiger partial charge in [-0.15, -0.1) is 0 Å². The quantitative estimate of drug-likeness (QED) is 0.923. The van der Waals surface area contributed by atoms with Crippen LogP contribution in [0.25, 0.3) is 0 Å². The van der Waals surface area contributed by atoms with Crippen LogP contribution in [0.3, 0.4) is 0 Å². The standard InChI is InChI=1S/C17H23N3O/c1-2-19-12-13-6-7-15(14(10-13)11-18)20-8-9-21-17-5-3-4-16(17)20/h6-7,10,16-17,19H,2-5,8-9,12H2,1H3. The van der Waals surface area contributed by atoms with Crippen molar-refractivity contribution in [1.29, 1.82) is 5.26 Å². The summed E-state index contributed by atoms with van der Waals surface area (Å²) >= 11 is 0. The van der Waals surface area contributed by atoms with Crippen molar-refractivity contribution in [2.24, 2.45) is 0 Å². The summed E-state index contributed by atoms with van der Waals surface area (Å²) in [6.07, 6.45) is 3.91. The average molecular weight is 285 g/mol. The fourth-order valence-electron chi connectivity index (χ4n) is 3.53. The van der Waals surface area contributed by atoms with Crippen LogP contribution < -0.4 is 10.2 Å². The molecular weight excluding hydrogens is 262 g/mol. The highest BCUT2D eigenvalue weighted by atomic mass is 16.5. The van der Waals surface area contributed by atoms with Gasteiger partial charge in [-0.1, -0.05) is 13.0 Å². The van der Waals surface area contributed by atoms with Crippen LogP contribution in [0, 0.1) is 11.3 Å². The predicted octanol–water partition coefficient (Wildman–Crippen LogP) is 2.43. The first-order chi connectivity index (χ1) is 10.3. The molecule has 1 N–H and O–H groups in total. The van der Waals surface area contributed by atoms with Gasteiger partial charge >= 0.3 is 0 Å². The van der Waals surface area contributed by atoms with E-state index in [0.29, 0.717) is 12.1 Å². The Morgan fingerprint density at radius 2 is 2.33 bits per heavy atom. The Hall–Kier alpha value is -1.57. The molecule has 1 aromatic carbocycles. The Balaban J connectivity index is 1.85. The maximum absolute atomic E-state index is 9.51. The molecule has 4 nitrogen and oxygen atoms in total. The number of hydrogen-bond acceptors (Lipinski definition) is 4. The fourth-order valence-corrected chi connectivity index (χ4v) is 3.53. The molecule has 1 heterocycles. The van der Waals surface area contributed by atoms with E-state index in [1.807, 2.05) is 6.07 Å². The molecule has 0 spiro atoms. The van der Waals surface area contributed by atoms with Crippen LogP contribution in [-0.4, -0.2) is 31.8 Å². The number of benzene rings is 1. The predicted molar refractivity (Wildman–Crippen MR) is 83.3 cm³/mol. The smallest absolute Gasteiger partial charge is 0.101 e. The van der Waals surface area contributed by atoms with Crippen molar-refractivity contribution < 1.29 is 4.74 Å². The Bertz CT molecular complexity index is 537. The van der Waals surface area contributed by atoms with E-state index in [-0.39, 0.29) is 0 Å². The third-order valence-electron chi connectivity index (χ3n) is 4.55. The summed E-state index contributed by atoms with van der Waals surface area (Å²) in [5.74, 6) is 0. The van der Waals surface area contributed by atoms with Gasteiger partial charge in [-0.25, -0.2) is 0 Å². The van der Waals surface area contributed by atoms with E-state index in [0.717, 1.165) is 43.9 Å². The van der Waals surface area contributed by atoms with Crippen LogP contribution in [0.1, 0.15) is 37.3 Å². The molecule has 2 unspecified atom stereocenters. The average Bonchev–Trinajstić information content (AvgIpc) is 3.01. The molecule has 2 aliphatic rings. The van der Waals surface area contributed by atoms with Gasteiger partial charge in [0, 0.05) is 13.1 Å². The first kappa shape index (κ1) is 14.4. The summed E-state index contributed by atoms with van der Waals surface area (Å²) in [5, 5.41) is 12.8. The molecule has 2 atom stereocenters. The normalized spacial score (nSPS) is 24.7. The molecule has 0 bridgehead atoms. The van der Waals surface area contributed by atoms with Gasteiger partial charge in [0.05, 0.1) is 30.0 Å². The number of fused-ring (bicyclic) bond motifs is 1. The zero-order valence-electron chi connectivity index (χ0n) is 12.6. The lowest BCUT2D eigenvalue weighted by molar-refractivity contribution is 0.0256. The van der Waals surface area contributed by atoms with E-state index in [1.165, 1.54) is 18.4 Å². The van der Waals surface area contributed by atoms with Crippen LogP contribution in [0.4, 0.5) is 5.69 Å². The summed E-state index contributed by atoms with van der Waals surface area (Å²) < 4.78 is 5.87. The van der Waals surface area contributed by atoms with Crippen LogP contribution in [0.2, 0.25) is 0 Å². The number of ether oxygens (including phenoxy) is 1. The lowest BCUT2D eigenvalue weighted by atomic mass is 10.0. The largest absolute Gasteiger partial charge is 0.374 e. The van der Waals surface area contributed by atoms with Crippen molar-refractivity contribution in [1.82, 2.24) is 5.32 Å². The second-order valence-corrected chi connectivity index (χ2v) is 5.84. The molecule has 1 aliphatic heterocycles. The Morgan fingerprint density at radius 3 is 3.14 bits per heavy atom. The molecule has 1 aromatic rings. The number of hydrogen-bond donors (Lipinski definition) is 1. The molecule has 0 amide bonds. The van der Waals surface area contributed by atoms with Gasteiger partial charge in [-0.2, -0.15) is 5.26 Å². The number of anilines is 1. The summed E-state index contributed by atoms with van der Waals surface area (Å²) in [5.41, 5.74) is 3.05. The lowest BCUT2D eigenvalue weighted by Gasteiger charge is -2.39. The first-order valence-electron chi connectivity index (χ1n) is 7.95. The van der Waals surface area contributed by atoms with Crippen molar-refractivity contribution in [3.8, 4) is 6.07 Å². The molecule has 4 heteroatoms. The molecule has 112 valence electrons. The fraction of sp³-hybridized carbons (Fsp3) is 0.588. The summed E-state index contributed by atoms with van der Waals surface area (Å²) in [4.78, 5) is 2.40. The maximum atomic E-state index is 9.51. The summed E-state index contributed by atoms with van der Waals surface area (Å²) in [6.45, 7) is 5.51. The first-order valence-corrected chi connectivity index (χ1v) is 7.95. The minimum Gasteiger partial charge on any atom is -0.374 e. The van der Waals surface area contributed by atoms with Gasteiger partial charge in [0.1, 0.15) is 6.07 Å². The van der Waals surface area contributed by atoms with Crippen LogP contribution in [-0.2, 0) is 11.3 Å². The summed E-state index contributed by atoms with van der Waals surface area (Å²) in [7, 11) is 0. The number of nitriles is 1. The van der Waals surface area contributed by atoms with Crippen LogP contribution in [0.15, 0.2) is 18.2 Å². The summed E-state index contributed by atoms with van der Waals surface area (Å²) in [6, 6.07) is 9.11. The highest BCUT2D eigenvalue weighted by Crippen LogP contribution is 2.34. The van der Waals surface area contributed by atoms with Crippen molar-refractivity contribution in [2.75, 3.05) is 24.6 Å². The Morgan fingerprint density at radius 1 is 1.43 bits per heavy atom.